The number of anilines is 1. The second kappa shape index (κ2) is 7.33. The average Bonchev–Trinajstić information content (AvgIpc) is 3.01. The van der Waals surface area contributed by atoms with Gasteiger partial charge in [-0.2, -0.15) is 0 Å². The van der Waals surface area contributed by atoms with Crippen LogP contribution in [0.5, 0.6) is 0 Å². The molecule has 2 heterocycles. The maximum atomic E-state index is 9.64. The van der Waals surface area contributed by atoms with Crippen molar-refractivity contribution >= 4 is 27.4 Å². The zero-order valence-electron chi connectivity index (χ0n) is 16.1. The molecule has 5 heteroatoms. The maximum Gasteiger partial charge on any atom is 0.139 e. The molecular formula is C21H27N3OS. The Morgan fingerprint density at radius 1 is 1.15 bits per heavy atom. The first-order chi connectivity index (χ1) is 12.4. The number of nitrogens with zero attached hydrogens (tertiary/aromatic N) is 2. The van der Waals surface area contributed by atoms with E-state index < -0.39 is 5.54 Å². The van der Waals surface area contributed by atoms with Gasteiger partial charge in [-0.05, 0) is 37.3 Å². The monoisotopic (exact) mass is 369 g/mol. The van der Waals surface area contributed by atoms with Gasteiger partial charge in [-0.25, -0.2) is 9.97 Å². The standard InChI is InChI=1S/C21H27N3OS/c1-6-16-17(15-9-7-14(8-10-15)13(2)3)18-19(24-21(4,5)11-25)22-12-23-20(18)26-16/h7-10,12-13,25H,6,11H2,1-5H3,(H,22,23,24). The van der Waals surface area contributed by atoms with E-state index in [1.54, 1.807) is 17.7 Å². The second-order valence-electron chi connectivity index (χ2n) is 7.60. The number of hydrogen-bond donors (Lipinski definition) is 2. The number of aliphatic hydroxyl groups excluding tert-OH is 1. The highest BCUT2D eigenvalue weighted by atomic mass is 32.1. The Hall–Kier alpha value is -1.98. The predicted molar refractivity (Wildman–Crippen MR) is 111 cm³/mol. The summed E-state index contributed by atoms with van der Waals surface area (Å²) in [6.07, 6.45) is 2.55. The third-order valence-electron chi connectivity index (χ3n) is 4.60. The van der Waals surface area contributed by atoms with Gasteiger partial charge in [-0.1, -0.05) is 45.0 Å². The number of aromatic nitrogens is 2. The number of fused-ring (bicyclic) bond motifs is 1. The fraction of sp³-hybridized carbons (Fsp3) is 0.429. The number of aryl methyl sites for hydroxylation is 1. The van der Waals surface area contributed by atoms with Crippen molar-refractivity contribution in [3.8, 4) is 11.1 Å². The van der Waals surface area contributed by atoms with E-state index in [1.165, 1.54) is 21.6 Å². The van der Waals surface area contributed by atoms with Crippen LogP contribution in [0.4, 0.5) is 5.82 Å². The Kier molecular flexibility index (Phi) is 5.30. The van der Waals surface area contributed by atoms with Crippen LogP contribution < -0.4 is 5.32 Å². The molecule has 0 radical (unpaired) electrons. The minimum atomic E-state index is -0.450. The van der Waals surface area contributed by atoms with Gasteiger partial charge in [0.25, 0.3) is 0 Å². The highest BCUT2D eigenvalue weighted by Gasteiger charge is 2.22. The summed E-state index contributed by atoms with van der Waals surface area (Å²) in [6.45, 7) is 10.5. The molecule has 0 atom stereocenters. The van der Waals surface area contributed by atoms with Gasteiger partial charge in [-0.3, -0.25) is 0 Å². The van der Waals surface area contributed by atoms with Crippen molar-refractivity contribution in [2.75, 3.05) is 11.9 Å². The number of benzene rings is 1. The van der Waals surface area contributed by atoms with Crippen molar-refractivity contribution in [3.05, 3.63) is 41.0 Å². The summed E-state index contributed by atoms with van der Waals surface area (Å²) in [4.78, 5) is 11.3. The van der Waals surface area contributed by atoms with Gasteiger partial charge in [0, 0.05) is 10.4 Å². The molecule has 0 bridgehead atoms. The molecular weight excluding hydrogens is 342 g/mol. The molecule has 0 amide bonds. The largest absolute Gasteiger partial charge is 0.394 e. The van der Waals surface area contributed by atoms with Gasteiger partial charge in [0.1, 0.15) is 17.0 Å². The van der Waals surface area contributed by atoms with E-state index in [0.29, 0.717) is 5.92 Å². The average molecular weight is 370 g/mol. The molecule has 2 N–H and O–H groups in total. The Labute approximate surface area is 159 Å². The van der Waals surface area contributed by atoms with E-state index in [1.807, 2.05) is 13.8 Å². The van der Waals surface area contributed by atoms with Crippen LogP contribution in [0.2, 0.25) is 0 Å². The molecule has 0 saturated heterocycles. The molecule has 0 unspecified atom stereocenters. The van der Waals surface area contributed by atoms with E-state index in [2.05, 4.69) is 60.3 Å². The molecule has 0 fully saturated rings. The van der Waals surface area contributed by atoms with E-state index in [0.717, 1.165) is 22.5 Å². The van der Waals surface area contributed by atoms with Crippen LogP contribution in [0.15, 0.2) is 30.6 Å². The molecule has 0 spiro atoms. The van der Waals surface area contributed by atoms with Gasteiger partial charge < -0.3 is 10.4 Å². The fourth-order valence-electron chi connectivity index (χ4n) is 3.02. The Morgan fingerprint density at radius 2 is 1.85 bits per heavy atom. The van der Waals surface area contributed by atoms with Crippen molar-refractivity contribution in [2.24, 2.45) is 0 Å². The van der Waals surface area contributed by atoms with Crippen LogP contribution in [-0.2, 0) is 6.42 Å². The third kappa shape index (κ3) is 3.60. The lowest BCUT2D eigenvalue weighted by atomic mass is 9.97. The van der Waals surface area contributed by atoms with Crippen LogP contribution in [-0.4, -0.2) is 27.2 Å². The summed E-state index contributed by atoms with van der Waals surface area (Å²) in [5.41, 5.74) is 3.29. The zero-order chi connectivity index (χ0) is 18.9. The molecule has 0 saturated carbocycles. The first kappa shape index (κ1) is 18.8. The number of thiophene rings is 1. The van der Waals surface area contributed by atoms with Crippen LogP contribution in [0.3, 0.4) is 0 Å². The highest BCUT2D eigenvalue weighted by molar-refractivity contribution is 7.19. The maximum absolute atomic E-state index is 9.64. The molecule has 26 heavy (non-hydrogen) atoms. The molecule has 2 aromatic heterocycles. The topological polar surface area (TPSA) is 58.0 Å². The lowest BCUT2D eigenvalue weighted by molar-refractivity contribution is 0.234. The van der Waals surface area contributed by atoms with Crippen molar-refractivity contribution in [2.45, 2.75) is 52.5 Å². The van der Waals surface area contributed by atoms with Crippen LogP contribution >= 0.6 is 11.3 Å². The molecule has 1 aromatic carbocycles. The minimum Gasteiger partial charge on any atom is -0.394 e. The first-order valence-corrected chi connectivity index (χ1v) is 9.93. The van der Waals surface area contributed by atoms with Crippen molar-refractivity contribution in [1.29, 1.82) is 0 Å². The molecule has 138 valence electrons. The molecule has 3 rings (SSSR count). The van der Waals surface area contributed by atoms with E-state index >= 15 is 0 Å². The Balaban J connectivity index is 2.19. The van der Waals surface area contributed by atoms with E-state index in [4.69, 9.17) is 0 Å². The van der Waals surface area contributed by atoms with E-state index in [9.17, 15) is 5.11 Å². The zero-order valence-corrected chi connectivity index (χ0v) is 16.9. The van der Waals surface area contributed by atoms with Gasteiger partial charge in [0.05, 0.1) is 17.5 Å². The number of nitrogens with one attached hydrogen (secondary N) is 1. The second-order valence-corrected chi connectivity index (χ2v) is 8.68. The molecule has 4 nitrogen and oxygen atoms in total. The summed E-state index contributed by atoms with van der Waals surface area (Å²) in [5, 5.41) is 14.1. The lowest BCUT2D eigenvalue weighted by Gasteiger charge is -2.24. The van der Waals surface area contributed by atoms with Crippen molar-refractivity contribution in [3.63, 3.8) is 0 Å². The van der Waals surface area contributed by atoms with Gasteiger partial charge in [0.15, 0.2) is 0 Å². The number of aliphatic hydroxyl groups is 1. The van der Waals surface area contributed by atoms with Crippen LogP contribution in [0.25, 0.3) is 21.3 Å². The minimum absolute atomic E-state index is 0.0295. The summed E-state index contributed by atoms with van der Waals surface area (Å²) in [6, 6.07) is 8.81. The predicted octanol–water partition coefficient (Wildman–Crippen LogP) is 5.23. The molecule has 0 aliphatic rings. The third-order valence-corrected chi connectivity index (χ3v) is 5.84. The van der Waals surface area contributed by atoms with Crippen LogP contribution in [0, 0.1) is 0 Å². The van der Waals surface area contributed by atoms with Crippen LogP contribution in [0.1, 0.15) is 51.0 Å². The Bertz CT molecular complexity index is 898. The summed E-state index contributed by atoms with van der Waals surface area (Å²) < 4.78 is 0. The normalized spacial score (nSPS) is 12.1. The van der Waals surface area contributed by atoms with Gasteiger partial charge >= 0.3 is 0 Å². The summed E-state index contributed by atoms with van der Waals surface area (Å²) in [7, 11) is 0. The van der Waals surface area contributed by atoms with Gasteiger partial charge in [-0.15, -0.1) is 11.3 Å². The van der Waals surface area contributed by atoms with E-state index in [-0.39, 0.29) is 6.61 Å². The molecule has 3 aromatic rings. The molecule has 0 aliphatic carbocycles. The lowest BCUT2D eigenvalue weighted by Crippen LogP contribution is -2.35. The quantitative estimate of drug-likeness (QED) is 0.625. The van der Waals surface area contributed by atoms with Crippen molar-refractivity contribution < 1.29 is 5.11 Å². The summed E-state index contributed by atoms with van der Waals surface area (Å²) in [5.74, 6) is 1.30. The number of hydrogen-bond acceptors (Lipinski definition) is 5. The van der Waals surface area contributed by atoms with Gasteiger partial charge in [0.2, 0.25) is 0 Å². The molecule has 0 aliphatic heterocycles. The fourth-order valence-corrected chi connectivity index (χ4v) is 4.12. The Morgan fingerprint density at radius 3 is 2.42 bits per heavy atom. The smallest absolute Gasteiger partial charge is 0.139 e. The van der Waals surface area contributed by atoms with Crippen molar-refractivity contribution in [1.82, 2.24) is 9.97 Å². The SMILES string of the molecule is CCc1sc2ncnc(NC(C)(C)CO)c2c1-c1ccc(C(C)C)cc1. The highest BCUT2D eigenvalue weighted by Crippen LogP contribution is 2.41. The summed E-state index contributed by atoms with van der Waals surface area (Å²) >= 11 is 1.72. The number of rotatable bonds is 6. The first-order valence-electron chi connectivity index (χ1n) is 9.12.